The molecule has 2 N–H and O–H groups in total. The van der Waals surface area contributed by atoms with Crippen LogP contribution in [0, 0.1) is 0 Å². The molecule has 0 spiro atoms. The molecule has 0 aromatic heterocycles. The molecule has 2 rings (SSSR count). The van der Waals surface area contributed by atoms with Crippen molar-refractivity contribution in [3.63, 3.8) is 0 Å². The van der Waals surface area contributed by atoms with E-state index in [0.717, 1.165) is 77.8 Å². The van der Waals surface area contributed by atoms with Crippen molar-refractivity contribution in [3.8, 4) is 0 Å². The lowest BCUT2D eigenvalue weighted by Gasteiger charge is -2.18. The Kier molecular flexibility index (Phi) is 10.9. The minimum atomic E-state index is 0.306. The van der Waals surface area contributed by atoms with E-state index < -0.39 is 0 Å². The van der Waals surface area contributed by atoms with Crippen LogP contribution in [-0.2, 0) is 22.6 Å². The number of aliphatic imine (C=N–C) groups is 1. The van der Waals surface area contributed by atoms with Crippen LogP contribution in [0.1, 0.15) is 44.2 Å². The average Bonchev–Trinajstić information content (AvgIpc) is 3.25. The zero-order chi connectivity index (χ0) is 20.0. The van der Waals surface area contributed by atoms with Gasteiger partial charge in [-0.25, -0.2) is 0 Å². The highest BCUT2D eigenvalue weighted by atomic mass is 16.5. The first-order chi connectivity index (χ1) is 13.7. The third kappa shape index (κ3) is 8.59. The van der Waals surface area contributed by atoms with Gasteiger partial charge in [0.2, 0.25) is 0 Å². The third-order valence-electron chi connectivity index (χ3n) is 5.09. The van der Waals surface area contributed by atoms with Gasteiger partial charge in [-0.2, -0.15) is 0 Å². The van der Waals surface area contributed by atoms with Gasteiger partial charge in [0, 0.05) is 39.9 Å². The maximum atomic E-state index is 5.69. The summed E-state index contributed by atoms with van der Waals surface area (Å²) in [5.41, 5.74) is 2.61. The van der Waals surface area contributed by atoms with Crippen molar-refractivity contribution < 1.29 is 9.47 Å². The first-order valence-corrected chi connectivity index (χ1v) is 10.7. The van der Waals surface area contributed by atoms with E-state index >= 15 is 0 Å². The Balaban J connectivity index is 1.59. The second kappa shape index (κ2) is 13.5. The van der Waals surface area contributed by atoms with Crippen molar-refractivity contribution >= 4 is 5.96 Å². The Morgan fingerprint density at radius 2 is 1.93 bits per heavy atom. The predicted molar refractivity (Wildman–Crippen MR) is 116 cm³/mol. The van der Waals surface area contributed by atoms with Gasteiger partial charge in [-0.15, -0.1) is 0 Å². The molecule has 1 aliphatic rings. The molecule has 1 heterocycles. The van der Waals surface area contributed by atoms with Crippen molar-refractivity contribution in [2.75, 3.05) is 46.5 Å². The Morgan fingerprint density at radius 1 is 1.18 bits per heavy atom. The van der Waals surface area contributed by atoms with Crippen molar-refractivity contribution in [1.82, 2.24) is 15.5 Å². The van der Waals surface area contributed by atoms with Crippen LogP contribution >= 0.6 is 0 Å². The first-order valence-electron chi connectivity index (χ1n) is 10.7. The molecule has 1 saturated heterocycles. The van der Waals surface area contributed by atoms with Crippen molar-refractivity contribution in [2.45, 2.75) is 52.3 Å². The summed E-state index contributed by atoms with van der Waals surface area (Å²) >= 11 is 0. The lowest BCUT2D eigenvalue weighted by Crippen LogP contribution is -2.37. The van der Waals surface area contributed by atoms with Gasteiger partial charge < -0.3 is 20.1 Å². The molecule has 0 radical (unpaired) electrons. The quantitative estimate of drug-likeness (QED) is 0.326. The first kappa shape index (κ1) is 22.7. The summed E-state index contributed by atoms with van der Waals surface area (Å²) in [7, 11) is 1.80. The van der Waals surface area contributed by atoms with Crippen LogP contribution in [0.15, 0.2) is 29.3 Å². The summed E-state index contributed by atoms with van der Waals surface area (Å²) in [6, 6.07) is 8.82. The highest BCUT2D eigenvalue weighted by Gasteiger charge is 2.14. The molecule has 0 amide bonds. The Morgan fingerprint density at radius 3 is 2.57 bits per heavy atom. The van der Waals surface area contributed by atoms with Gasteiger partial charge in [0.05, 0.1) is 12.7 Å². The second-order valence-corrected chi connectivity index (χ2v) is 7.19. The van der Waals surface area contributed by atoms with Crippen LogP contribution in [0.2, 0.25) is 0 Å². The molecule has 1 aliphatic heterocycles. The van der Waals surface area contributed by atoms with Crippen LogP contribution in [0.5, 0.6) is 0 Å². The summed E-state index contributed by atoms with van der Waals surface area (Å²) in [6.45, 7) is 11.6. The van der Waals surface area contributed by atoms with Crippen LogP contribution in [0.25, 0.3) is 0 Å². The Hall–Kier alpha value is -1.63. The average molecular weight is 391 g/mol. The summed E-state index contributed by atoms with van der Waals surface area (Å²) in [5.74, 6) is 0.825. The fourth-order valence-corrected chi connectivity index (χ4v) is 3.25. The second-order valence-electron chi connectivity index (χ2n) is 7.19. The number of benzene rings is 1. The van der Waals surface area contributed by atoms with Crippen molar-refractivity contribution in [2.24, 2.45) is 4.99 Å². The van der Waals surface area contributed by atoms with E-state index in [-0.39, 0.29) is 0 Å². The number of guanidine groups is 1. The van der Waals surface area contributed by atoms with E-state index in [9.17, 15) is 0 Å². The molecule has 1 aromatic carbocycles. The van der Waals surface area contributed by atoms with E-state index in [4.69, 9.17) is 9.47 Å². The largest absolute Gasteiger partial charge is 0.379 e. The number of hydrogen-bond donors (Lipinski definition) is 2. The molecule has 1 aromatic rings. The van der Waals surface area contributed by atoms with Gasteiger partial charge in [-0.1, -0.05) is 38.1 Å². The highest BCUT2D eigenvalue weighted by molar-refractivity contribution is 5.79. The fraction of sp³-hybridized carbons (Fsp3) is 0.682. The maximum Gasteiger partial charge on any atom is 0.191 e. The number of nitrogens with zero attached hydrogens (tertiary/aromatic N) is 2. The van der Waals surface area contributed by atoms with Gasteiger partial charge in [0.25, 0.3) is 0 Å². The Labute approximate surface area is 170 Å². The molecule has 1 fully saturated rings. The number of nitrogens with one attached hydrogen (secondary N) is 2. The standard InChI is InChI=1S/C22H38N4O2/c1-4-26(5-2)17-20-11-9-19(10-12-20)16-25-22(23-3)24-13-7-14-27-18-21-8-6-15-28-21/h9-12,21H,4-8,13-18H2,1-3H3,(H2,23,24,25). The smallest absolute Gasteiger partial charge is 0.191 e. The molecule has 1 atom stereocenters. The van der Waals surface area contributed by atoms with E-state index in [1.54, 1.807) is 7.05 Å². The molecule has 28 heavy (non-hydrogen) atoms. The summed E-state index contributed by atoms with van der Waals surface area (Å²) in [6.07, 6.45) is 3.55. The number of rotatable bonds is 12. The minimum absolute atomic E-state index is 0.306. The van der Waals surface area contributed by atoms with Crippen molar-refractivity contribution in [1.29, 1.82) is 0 Å². The van der Waals surface area contributed by atoms with Gasteiger partial charge in [0.15, 0.2) is 5.96 Å². The zero-order valence-electron chi connectivity index (χ0n) is 17.9. The fourth-order valence-electron chi connectivity index (χ4n) is 3.25. The number of ether oxygens (including phenoxy) is 2. The summed E-state index contributed by atoms with van der Waals surface area (Å²) in [4.78, 5) is 6.71. The molecular weight excluding hydrogens is 352 g/mol. The monoisotopic (exact) mass is 390 g/mol. The topological polar surface area (TPSA) is 58.1 Å². The Bertz CT molecular complexity index is 552. The molecule has 6 heteroatoms. The normalized spacial score (nSPS) is 17.3. The molecule has 6 nitrogen and oxygen atoms in total. The van der Waals surface area contributed by atoms with E-state index in [1.165, 1.54) is 11.1 Å². The van der Waals surface area contributed by atoms with Crippen molar-refractivity contribution in [3.05, 3.63) is 35.4 Å². The lowest BCUT2D eigenvalue weighted by molar-refractivity contribution is 0.0168. The van der Waals surface area contributed by atoms with E-state index in [1.807, 2.05) is 0 Å². The maximum absolute atomic E-state index is 5.69. The van der Waals surface area contributed by atoms with Crippen LogP contribution in [0.4, 0.5) is 0 Å². The molecule has 1 unspecified atom stereocenters. The zero-order valence-corrected chi connectivity index (χ0v) is 17.9. The van der Waals surface area contributed by atoms with Gasteiger partial charge in [-0.3, -0.25) is 9.89 Å². The molecule has 0 aliphatic carbocycles. The van der Waals surface area contributed by atoms with Gasteiger partial charge in [0.1, 0.15) is 0 Å². The van der Waals surface area contributed by atoms with Crippen LogP contribution in [-0.4, -0.2) is 63.5 Å². The molecule has 158 valence electrons. The molecule has 0 saturated carbocycles. The van der Waals surface area contributed by atoms with E-state index in [2.05, 4.69) is 58.6 Å². The predicted octanol–water partition coefficient (Wildman–Crippen LogP) is 2.78. The van der Waals surface area contributed by atoms with Crippen LogP contribution < -0.4 is 10.6 Å². The van der Waals surface area contributed by atoms with Crippen LogP contribution in [0.3, 0.4) is 0 Å². The summed E-state index contributed by atoms with van der Waals surface area (Å²) in [5, 5.41) is 6.71. The minimum Gasteiger partial charge on any atom is -0.379 e. The molecule has 0 bridgehead atoms. The van der Waals surface area contributed by atoms with Gasteiger partial charge >= 0.3 is 0 Å². The third-order valence-corrected chi connectivity index (χ3v) is 5.09. The lowest BCUT2D eigenvalue weighted by atomic mass is 10.1. The summed E-state index contributed by atoms with van der Waals surface area (Å²) < 4.78 is 11.2. The SMILES string of the molecule is CCN(CC)Cc1ccc(CNC(=NC)NCCCOCC2CCCO2)cc1. The van der Waals surface area contributed by atoms with Gasteiger partial charge in [-0.05, 0) is 43.5 Å². The highest BCUT2D eigenvalue weighted by Crippen LogP contribution is 2.11. The molecular formula is C22H38N4O2. The number of hydrogen-bond acceptors (Lipinski definition) is 4. The van der Waals surface area contributed by atoms with E-state index in [0.29, 0.717) is 6.10 Å².